The van der Waals surface area contributed by atoms with E-state index >= 15 is 0 Å². The van der Waals surface area contributed by atoms with Crippen LogP contribution in [0.25, 0.3) is 0 Å². The van der Waals surface area contributed by atoms with E-state index in [4.69, 9.17) is 21.1 Å². The molecule has 1 amide bonds. The van der Waals surface area contributed by atoms with E-state index in [2.05, 4.69) is 5.32 Å². The van der Waals surface area contributed by atoms with Gasteiger partial charge in [0.1, 0.15) is 11.0 Å². The van der Waals surface area contributed by atoms with Crippen LogP contribution in [0, 0.1) is 0 Å². The van der Waals surface area contributed by atoms with Crippen LogP contribution in [-0.4, -0.2) is 26.4 Å². The van der Waals surface area contributed by atoms with Crippen molar-refractivity contribution in [2.45, 2.75) is 17.9 Å². The van der Waals surface area contributed by atoms with Gasteiger partial charge in [0.25, 0.3) is 0 Å². The average molecular weight is 356 g/mol. The second kappa shape index (κ2) is 7.43. The molecule has 23 heavy (non-hydrogen) atoms. The van der Waals surface area contributed by atoms with Gasteiger partial charge in [-0.3, -0.25) is 9.00 Å². The topological polar surface area (TPSA) is 96.6 Å². The van der Waals surface area contributed by atoms with Crippen LogP contribution in [0.3, 0.4) is 0 Å². The van der Waals surface area contributed by atoms with Gasteiger partial charge in [-0.15, -0.1) is 0 Å². The van der Waals surface area contributed by atoms with E-state index in [1.807, 2.05) is 0 Å². The lowest BCUT2D eigenvalue weighted by molar-refractivity contribution is -0.115. The van der Waals surface area contributed by atoms with Crippen molar-refractivity contribution in [2.75, 3.05) is 5.32 Å². The van der Waals surface area contributed by atoms with Crippen LogP contribution >= 0.6 is 11.6 Å². The summed E-state index contributed by atoms with van der Waals surface area (Å²) in [5.74, 6) is -1.61. The summed E-state index contributed by atoms with van der Waals surface area (Å²) in [6.45, 7) is 1.53. The summed E-state index contributed by atoms with van der Waals surface area (Å²) in [7, 11) is -1.55. The van der Waals surface area contributed by atoms with Crippen LogP contribution in [0.4, 0.5) is 5.69 Å². The maximum Gasteiger partial charge on any atom is 0.371 e. The quantitative estimate of drug-likeness (QED) is 0.830. The number of hydrogen-bond acceptors (Lipinski definition) is 4. The second-order valence-electron chi connectivity index (χ2n) is 4.73. The third-order valence-electron chi connectivity index (χ3n) is 3.03. The van der Waals surface area contributed by atoms with Gasteiger partial charge in [0.05, 0.1) is 5.75 Å². The Morgan fingerprint density at radius 2 is 1.91 bits per heavy atom. The predicted octanol–water partition coefficient (Wildman–Crippen LogP) is 2.91. The third-order valence-corrected chi connectivity index (χ3v) is 4.86. The van der Waals surface area contributed by atoms with E-state index in [-0.39, 0.29) is 17.3 Å². The summed E-state index contributed by atoms with van der Waals surface area (Å²) in [4.78, 5) is 22.8. The molecule has 1 aromatic heterocycles. The first-order valence-electron chi connectivity index (χ1n) is 6.62. The van der Waals surface area contributed by atoms with Crippen molar-refractivity contribution in [3.8, 4) is 0 Å². The average Bonchev–Trinajstić information content (AvgIpc) is 2.97. The lowest BCUT2D eigenvalue weighted by atomic mass is 10.3. The molecule has 2 rings (SSSR count). The molecule has 0 aliphatic rings. The molecule has 2 N–H and O–H groups in total. The summed E-state index contributed by atoms with van der Waals surface area (Å²) in [6, 6.07) is 9.27. The molecule has 0 aliphatic carbocycles. The highest BCUT2D eigenvalue weighted by Gasteiger charge is 2.22. The van der Waals surface area contributed by atoms with Gasteiger partial charge in [-0.2, -0.15) is 0 Å². The van der Waals surface area contributed by atoms with Gasteiger partial charge in [-0.05, 0) is 43.3 Å². The molecule has 0 saturated heterocycles. The first kappa shape index (κ1) is 17.2. The molecule has 0 saturated carbocycles. The van der Waals surface area contributed by atoms with Crippen LogP contribution < -0.4 is 5.32 Å². The van der Waals surface area contributed by atoms with Crippen LogP contribution in [0.2, 0.25) is 5.02 Å². The van der Waals surface area contributed by atoms with Crippen LogP contribution in [-0.2, 0) is 21.3 Å². The van der Waals surface area contributed by atoms with Crippen LogP contribution in [0.1, 0.15) is 23.2 Å². The van der Waals surface area contributed by atoms with Gasteiger partial charge in [0.2, 0.25) is 11.7 Å². The number of aromatic carboxylic acids is 1. The summed E-state index contributed by atoms with van der Waals surface area (Å²) < 4.78 is 17.2. The molecule has 8 heteroatoms. The van der Waals surface area contributed by atoms with E-state index in [1.165, 1.54) is 19.1 Å². The van der Waals surface area contributed by atoms with Crippen LogP contribution in [0.15, 0.2) is 40.8 Å². The van der Waals surface area contributed by atoms with Gasteiger partial charge in [-0.25, -0.2) is 4.79 Å². The monoisotopic (exact) mass is 355 g/mol. The Balaban J connectivity index is 1.96. The predicted molar refractivity (Wildman–Crippen MR) is 87.1 cm³/mol. The third kappa shape index (κ3) is 4.67. The number of carboxylic acids is 1. The van der Waals surface area contributed by atoms with Gasteiger partial charge in [-0.1, -0.05) is 11.6 Å². The Labute approximate surface area is 139 Å². The fraction of sp³-hybridized carbons (Fsp3) is 0.200. The standard InChI is InChI=1S/C15H14ClNO5S/c1-9(14(18)17-11-4-2-10(16)3-5-11)23(21)8-12-6-7-13(22-12)15(19)20/h2-7,9H,8H2,1H3,(H,17,18)(H,19,20). The number of benzene rings is 1. The number of rotatable bonds is 6. The van der Waals surface area contributed by atoms with Crippen molar-refractivity contribution in [2.24, 2.45) is 0 Å². The van der Waals surface area contributed by atoms with E-state index in [0.717, 1.165) is 0 Å². The zero-order chi connectivity index (χ0) is 17.0. The Morgan fingerprint density at radius 1 is 1.26 bits per heavy atom. The van der Waals surface area contributed by atoms with Crippen LogP contribution in [0.5, 0.6) is 0 Å². The summed E-state index contributed by atoms with van der Waals surface area (Å²) in [6.07, 6.45) is 0. The van der Waals surface area contributed by atoms with Gasteiger partial charge < -0.3 is 14.8 Å². The normalized spacial score (nSPS) is 13.3. The largest absolute Gasteiger partial charge is 0.475 e. The Kier molecular flexibility index (Phi) is 5.57. The number of halogens is 1. The highest BCUT2D eigenvalue weighted by molar-refractivity contribution is 7.85. The van der Waals surface area contributed by atoms with Crippen molar-refractivity contribution in [3.63, 3.8) is 0 Å². The number of amides is 1. The first-order chi connectivity index (χ1) is 10.9. The number of nitrogens with one attached hydrogen (secondary N) is 1. The maximum atomic E-state index is 12.2. The molecule has 1 aromatic carbocycles. The van der Waals surface area contributed by atoms with Crippen molar-refractivity contribution in [1.82, 2.24) is 0 Å². The molecule has 0 aliphatic heterocycles. The lowest BCUT2D eigenvalue weighted by Crippen LogP contribution is -2.29. The minimum absolute atomic E-state index is 0.0392. The molecule has 2 atom stereocenters. The molecule has 0 bridgehead atoms. The summed E-state index contributed by atoms with van der Waals surface area (Å²) in [5, 5.41) is 11.2. The summed E-state index contributed by atoms with van der Waals surface area (Å²) in [5.41, 5.74) is 0.550. The first-order valence-corrected chi connectivity index (χ1v) is 8.38. The minimum atomic E-state index is -1.55. The highest BCUT2D eigenvalue weighted by Crippen LogP contribution is 2.16. The molecule has 2 aromatic rings. The molecule has 0 radical (unpaired) electrons. The van der Waals surface area contributed by atoms with Crippen molar-refractivity contribution >= 4 is 40.0 Å². The number of carboxylic acid groups (broad SMARTS) is 1. The van der Waals surface area contributed by atoms with E-state index in [9.17, 15) is 13.8 Å². The van der Waals surface area contributed by atoms with Gasteiger partial charge >= 0.3 is 5.97 Å². The van der Waals surface area contributed by atoms with Gasteiger partial charge in [0, 0.05) is 21.5 Å². The number of hydrogen-bond donors (Lipinski definition) is 2. The number of carbonyl (C=O) groups excluding carboxylic acids is 1. The molecule has 0 spiro atoms. The van der Waals surface area contributed by atoms with E-state index in [0.29, 0.717) is 10.7 Å². The zero-order valence-corrected chi connectivity index (χ0v) is 13.7. The Bertz CT molecular complexity index is 741. The number of anilines is 1. The minimum Gasteiger partial charge on any atom is -0.475 e. The van der Waals surface area contributed by atoms with Crippen molar-refractivity contribution < 1.29 is 23.3 Å². The number of carbonyl (C=O) groups is 2. The highest BCUT2D eigenvalue weighted by atomic mass is 35.5. The molecular formula is C15H14ClNO5S. The molecular weight excluding hydrogens is 342 g/mol. The van der Waals surface area contributed by atoms with E-state index < -0.39 is 27.9 Å². The van der Waals surface area contributed by atoms with Crippen molar-refractivity contribution in [1.29, 1.82) is 0 Å². The smallest absolute Gasteiger partial charge is 0.371 e. The van der Waals surface area contributed by atoms with Gasteiger partial charge in [0.15, 0.2) is 0 Å². The van der Waals surface area contributed by atoms with E-state index in [1.54, 1.807) is 24.3 Å². The second-order valence-corrected chi connectivity index (χ2v) is 6.93. The lowest BCUT2D eigenvalue weighted by Gasteiger charge is -2.11. The fourth-order valence-corrected chi connectivity index (χ4v) is 2.84. The maximum absolute atomic E-state index is 12.2. The van der Waals surface area contributed by atoms with Crippen molar-refractivity contribution in [3.05, 3.63) is 52.9 Å². The molecule has 2 unspecified atom stereocenters. The molecule has 6 nitrogen and oxygen atoms in total. The molecule has 0 fully saturated rings. The zero-order valence-electron chi connectivity index (χ0n) is 12.1. The number of furan rings is 1. The Hall–Kier alpha value is -2.12. The molecule has 1 heterocycles. The SMILES string of the molecule is CC(C(=O)Nc1ccc(Cl)cc1)S(=O)Cc1ccc(C(=O)O)o1. The molecule has 122 valence electrons. The Morgan fingerprint density at radius 3 is 2.48 bits per heavy atom. The fourth-order valence-electron chi connectivity index (χ4n) is 1.73. The summed E-state index contributed by atoms with van der Waals surface area (Å²) >= 11 is 5.76.